The van der Waals surface area contributed by atoms with Crippen molar-refractivity contribution in [2.24, 2.45) is 5.92 Å². The molecule has 4 heteroatoms. The molecule has 2 unspecified atom stereocenters. The first-order chi connectivity index (χ1) is 7.30. The zero-order valence-electron chi connectivity index (χ0n) is 10.2. The second-order valence-electron chi connectivity index (χ2n) is 4.94. The van der Waals surface area contributed by atoms with Gasteiger partial charge in [-0.1, -0.05) is 12.0 Å². The molecule has 1 aliphatic carbocycles. The molecule has 3 nitrogen and oxygen atoms in total. The number of hydrogen-bond donors (Lipinski definition) is 0. The van der Waals surface area contributed by atoms with E-state index in [1.165, 1.54) is 6.26 Å². The summed E-state index contributed by atoms with van der Waals surface area (Å²) in [5.41, 5.74) is 0.978. The molecule has 2 atom stereocenters. The van der Waals surface area contributed by atoms with Gasteiger partial charge in [0.2, 0.25) is 0 Å². The molecule has 0 aromatic heterocycles. The minimum atomic E-state index is -2.99. The standard InChI is InChI=1S/C12H20O3S/c1-9(2)7-12(13)10-5-4-6-11(8-10)16(3,14)15/h7,10-11H,4-6,8H2,1-3H3. The van der Waals surface area contributed by atoms with Crippen LogP contribution < -0.4 is 0 Å². The molecule has 92 valence electrons. The summed E-state index contributed by atoms with van der Waals surface area (Å²) in [5, 5.41) is -0.319. The van der Waals surface area contributed by atoms with E-state index in [9.17, 15) is 13.2 Å². The van der Waals surface area contributed by atoms with Crippen LogP contribution in [0.4, 0.5) is 0 Å². The highest BCUT2D eigenvalue weighted by molar-refractivity contribution is 7.91. The molecule has 1 fully saturated rings. The van der Waals surface area contributed by atoms with Crippen LogP contribution in [-0.4, -0.2) is 25.7 Å². The predicted molar refractivity (Wildman–Crippen MR) is 65.0 cm³/mol. The van der Waals surface area contributed by atoms with Crippen LogP contribution in [0.15, 0.2) is 11.6 Å². The van der Waals surface area contributed by atoms with E-state index in [1.807, 2.05) is 13.8 Å². The third kappa shape index (κ3) is 3.74. The van der Waals surface area contributed by atoms with Crippen LogP contribution >= 0.6 is 0 Å². The summed E-state index contributed by atoms with van der Waals surface area (Å²) >= 11 is 0. The van der Waals surface area contributed by atoms with Crippen molar-refractivity contribution in [3.63, 3.8) is 0 Å². The minimum absolute atomic E-state index is 0.0911. The average Bonchev–Trinajstić information content (AvgIpc) is 2.15. The normalized spacial score (nSPS) is 26.2. The first-order valence-electron chi connectivity index (χ1n) is 5.68. The van der Waals surface area contributed by atoms with E-state index in [0.717, 1.165) is 18.4 Å². The maximum absolute atomic E-state index is 11.8. The molecule has 0 amide bonds. The molecule has 1 saturated carbocycles. The van der Waals surface area contributed by atoms with Gasteiger partial charge in [0.15, 0.2) is 5.78 Å². The Morgan fingerprint density at radius 2 is 1.88 bits per heavy atom. The molecule has 0 spiro atoms. The molecule has 0 heterocycles. The topological polar surface area (TPSA) is 51.2 Å². The van der Waals surface area contributed by atoms with Crippen LogP contribution in [0.5, 0.6) is 0 Å². The molecule has 16 heavy (non-hydrogen) atoms. The summed E-state index contributed by atoms with van der Waals surface area (Å²) in [7, 11) is -2.99. The highest BCUT2D eigenvalue weighted by atomic mass is 32.2. The largest absolute Gasteiger partial charge is 0.295 e. The fraction of sp³-hybridized carbons (Fsp3) is 0.750. The Balaban J connectivity index is 2.72. The zero-order chi connectivity index (χ0) is 12.3. The average molecular weight is 244 g/mol. The van der Waals surface area contributed by atoms with Gasteiger partial charge in [-0.05, 0) is 39.2 Å². The van der Waals surface area contributed by atoms with E-state index < -0.39 is 9.84 Å². The SMILES string of the molecule is CC(C)=CC(=O)C1CCCC(S(C)(=O)=O)C1. The van der Waals surface area contributed by atoms with E-state index in [1.54, 1.807) is 6.08 Å². The maximum Gasteiger partial charge on any atom is 0.158 e. The van der Waals surface area contributed by atoms with Gasteiger partial charge >= 0.3 is 0 Å². The summed E-state index contributed by atoms with van der Waals surface area (Å²) in [6, 6.07) is 0. The lowest BCUT2D eigenvalue weighted by atomic mass is 9.85. The van der Waals surface area contributed by atoms with Crippen molar-refractivity contribution >= 4 is 15.6 Å². The van der Waals surface area contributed by atoms with Crippen LogP contribution in [-0.2, 0) is 14.6 Å². The van der Waals surface area contributed by atoms with Crippen LogP contribution in [0.3, 0.4) is 0 Å². The van der Waals surface area contributed by atoms with Gasteiger partial charge in [0, 0.05) is 12.2 Å². The number of hydrogen-bond acceptors (Lipinski definition) is 3. The Labute approximate surface area is 97.8 Å². The Hall–Kier alpha value is -0.640. The molecule has 1 aliphatic rings. The maximum atomic E-state index is 11.8. The molecular weight excluding hydrogens is 224 g/mol. The van der Waals surface area contributed by atoms with E-state index >= 15 is 0 Å². The third-order valence-corrected chi connectivity index (χ3v) is 4.70. The van der Waals surface area contributed by atoms with Gasteiger partial charge in [-0.15, -0.1) is 0 Å². The zero-order valence-corrected chi connectivity index (χ0v) is 11.0. The number of ketones is 1. The molecule has 0 aliphatic heterocycles. The monoisotopic (exact) mass is 244 g/mol. The smallest absolute Gasteiger partial charge is 0.158 e. The van der Waals surface area contributed by atoms with Crippen LogP contribution in [0.2, 0.25) is 0 Å². The van der Waals surface area contributed by atoms with Gasteiger partial charge in [-0.2, -0.15) is 0 Å². The van der Waals surface area contributed by atoms with Crippen molar-refractivity contribution < 1.29 is 13.2 Å². The number of carbonyl (C=O) groups excluding carboxylic acids is 1. The van der Waals surface area contributed by atoms with Gasteiger partial charge in [-0.25, -0.2) is 8.42 Å². The summed E-state index contributed by atoms with van der Waals surface area (Å²) in [6.45, 7) is 3.77. The van der Waals surface area contributed by atoms with Crippen LogP contribution in [0.25, 0.3) is 0 Å². The van der Waals surface area contributed by atoms with Crippen molar-refractivity contribution in [1.29, 1.82) is 0 Å². The molecule has 0 radical (unpaired) electrons. The highest BCUT2D eigenvalue weighted by Gasteiger charge is 2.31. The molecule has 0 aromatic rings. The number of sulfone groups is 1. The van der Waals surface area contributed by atoms with Crippen molar-refractivity contribution in [2.45, 2.75) is 44.8 Å². The summed E-state index contributed by atoms with van der Waals surface area (Å²) in [6.07, 6.45) is 5.78. The number of allylic oxidation sites excluding steroid dienone is 2. The first-order valence-corrected chi connectivity index (χ1v) is 7.63. The van der Waals surface area contributed by atoms with E-state index in [4.69, 9.17) is 0 Å². The van der Waals surface area contributed by atoms with Crippen molar-refractivity contribution in [3.8, 4) is 0 Å². The van der Waals surface area contributed by atoms with Gasteiger partial charge in [0.25, 0.3) is 0 Å². The quantitative estimate of drug-likeness (QED) is 0.715. The molecule has 1 rings (SSSR count). The molecule has 0 aromatic carbocycles. The second kappa shape index (κ2) is 5.13. The highest BCUT2D eigenvalue weighted by Crippen LogP contribution is 2.29. The van der Waals surface area contributed by atoms with Crippen LogP contribution in [0, 0.1) is 5.92 Å². The Morgan fingerprint density at radius 1 is 1.25 bits per heavy atom. The van der Waals surface area contributed by atoms with Gasteiger partial charge in [0.05, 0.1) is 5.25 Å². The predicted octanol–water partition coefficient (Wildman–Crippen LogP) is 2.13. The van der Waals surface area contributed by atoms with Crippen molar-refractivity contribution in [3.05, 3.63) is 11.6 Å². The minimum Gasteiger partial charge on any atom is -0.295 e. The second-order valence-corrected chi connectivity index (χ2v) is 7.26. The van der Waals surface area contributed by atoms with E-state index in [-0.39, 0.29) is 17.0 Å². The van der Waals surface area contributed by atoms with E-state index in [2.05, 4.69) is 0 Å². The fourth-order valence-corrected chi connectivity index (χ4v) is 3.37. The number of carbonyl (C=O) groups is 1. The Morgan fingerprint density at radius 3 is 2.38 bits per heavy atom. The first kappa shape index (κ1) is 13.4. The van der Waals surface area contributed by atoms with Crippen LogP contribution in [0.1, 0.15) is 39.5 Å². The Kier molecular flexibility index (Phi) is 4.30. The molecule has 0 N–H and O–H groups in total. The fourth-order valence-electron chi connectivity index (χ4n) is 2.19. The van der Waals surface area contributed by atoms with E-state index in [0.29, 0.717) is 12.8 Å². The molecule has 0 bridgehead atoms. The van der Waals surface area contributed by atoms with Crippen molar-refractivity contribution in [1.82, 2.24) is 0 Å². The summed E-state index contributed by atoms with van der Waals surface area (Å²) < 4.78 is 22.9. The van der Waals surface area contributed by atoms with Gasteiger partial charge in [-0.3, -0.25) is 4.79 Å². The van der Waals surface area contributed by atoms with Gasteiger partial charge in [0.1, 0.15) is 9.84 Å². The lowest BCUT2D eigenvalue weighted by Gasteiger charge is -2.26. The third-order valence-electron chi connectivity index (χ3n) is 3.06. The lowest BCUT2D eigenvalue weighted by Crippen LogP contribution is -2.30. The molecule has 0 saturated heterocycles. The lowest BCUT2D eigenvalue weighted by molar-refractivity contribution is -0.119. The summed E-state index contributed by atoms with van der Waals surface area (Å²) in [5.74, 6) is -0.00303. The van der Waals surface area contributed by atoms with Crippen molar-refractivity contribution in [2.75, 3.05) is 6.26 Å². The molecular formula is C12H20O3S. The summed E-state index contributed by atoms with van der Waals surface area (Å²) in [4.78, 5) is 11.8. The number of rotatable bonds is 3. The Bertz CT molecular complexity index is 388. The van der Waals surface area contributed by atoms with Gasteiger partial charge < -0.3 is 0 Å².